The second-order valence-electron chi connectivity index (χ2n) is 11.0. The second-order valence-corrected chi connectivity index (χ2v) is 11.9. The van der Waals surface area contributed by atoms with Crippen molar-refractivity contribution >= 4 is 27.3 Å². The lowest BCUT2D eigenvalue weighted by Crippen LogP contribution is -2.53. The number of carbonyl (C=O) groups is 1. The predicted molar refractivity (Wildman–Crippen MR) is 157 cm³/mol. The molecule has 1 atom stereocenters. The number of fused-ring (bicyclic) bond motifs is 1. The van der Waals surface area contributed by atoms with Crippen molar-refractivity contribution in [1.82, 2.24) is 24.1 Å². The number of ether oxygens (including phenoxy) is 2. The summed E-state index contributed by atoms with van der Waals surface area (Å²) in [6.07, 6.45) is 2.59. The van der Waals surface area contributed by atoms with Crippen LogP contribution in [-0.2, 0) is 21.6 Å². The number of methoxy groups -OCH3 is 1. The lowest BCUT2D eigenvalue weighted by Gasteiger charge is -2.28. The first-order valence-electron chi connectivity index (χ1n) is 13.7. The summed E-state index contributed by atoms with van der Waals surface area (Å²) >= 11 is 1.16. The highest BCUT2D eigenvalue weighted by atomic mass is 32.1. The average molecular weight is 602 g/mol. The van der Waals surface area contributed by atoms with Crippen molar-refractivity contribution in [3.05, 3.63) is 68.4 Å². The Morgan fingerprint density at radius 3 is 2.50 bits per heavy atom. The van der Waals surface area contributed by atoms with Crippen LogP contribution in [0.2, 0.25) is 0 Å². The Morgan fingerprint density at radius 1 is 1.19 bits per heavy atom. The second kappa shape index (κ2) is 12.7. The van der Waals surface area contributed by atoms with Gasteiger partial charge in [0.05, 0.1) is 31.4 Å². The van der Waals surface area contributed by atoms with Crippen LogP contribution in [-0.4, -0.2) is 55.3 Å². The fraction of sp³-hybridized carbons (Fsp3) is 0.483. The van der Waals surface area contributed by atoms with Crippen LogP contribution in [0.25, 0.3) is 15.2 Å². The van der Waals surface area contributed by atoms with Crippen LogP contribution in [0.15, 0.2) is 40.2 Å². The van der Waals surface area contributed by atoms with Crippen molar-refractivity contribution < 1.29 is 23.8 Å². The zero-order valence-corrected chi connectivity index (χ0v) is 25.4. The van der Waals surface area contributed by atoms with Crippen LogP contribution in [0.1, 0.15) is 57.8 Å². The van der Waals surface area contributed by atoms with E-state index in [1.807, 2.05) is 13.8 Å². The van der Waals surface area contributed by atoms with Gasteiger partial charge in [-0.05, 0) is 51.3 Å². The number of carbonyl (C=O) groups excluding carboxylic acids is 1. The number of halogens is 1. The molecule has 0 spiro atoms. The number of aryl methyl sites for hydroxylation is 1. The number of hydrogen-bond acceptors (Lipinski definition) is 9. The Labute approximate surface area is 246 Å². The number of rotatable bonds is 13. The smallest absolute Gasteiger partial charge is 0.333 e. The molecule has 0 unspecified atom stereocenters. The first kappa shape index (κ1) is 31.3. The molecule has 0 bridgehead atoms. The number of hydrogen-bond donors (Lipinski definition) is 1. The molecule has 0 amide bonds. The van der Waals surface area contributed by atoms with E-state index in [0.29, 0.717) is 33.1 Å². The predicted octanol–water partition coefficient (Wildman–Crippen LogP) is 3.75. The Kier molecular flexibility index (Phi) is 9.43. The van der Waals surface area contributed by atoms with Crippen LogP contribution in [0.3, 0.4) is 0 Å². The zero-order chi connectivity index (χ0) is 30.8. The minimum absolute atomic E-state index is 0.0172. The van der Waals surface area contributed by atoms with E-state index in [0.717, 1.165) is 15.9 Å². The summed E-state index contributed by atoms with van der Waals surface area (Å²) in [7, 11) is 1.45. The molecule has 0 saturated heterocycles. The lowest BCUT2D eigenvalue weighted by atomic mass is 9.91. The third-order valence-electron chi connectivity index (χ3n) is 7.13. The highest BCUT2D eigenvalue weighted by Crippen LogP contribution is 2.34. The molecule has 42 heavy (non-hydrogen) atoms. The molecule has 4 rings (SSSR count). The third kappa shape index (κ3) is 5.94. The summed E-state index contributed by atoms with van der Waals surface area (Å²) in [4.78, 5) is 43.5. The molecule has 4 aromatic rings. The van der Waals surface area contributed by atoms with E-state index in [4.69, 9.17) is 9.47 Å². The van der Waals surface area contributed by atoms with Gasteiger partial charge >= 0.3 is 5.69 Å². The van der Waals surface area contributed by atoms with E-state index in [9.17, 15) is 23.9 Å². The summed E-state index contributed by atoms with van der Waals surface area (Å²) in [5, 5.41) is 18.6. The number of Topliss-reactive ketones (excluding diaryl/α,β-unsaturated/α-hetero) is 1. The van der Waals surface area contributed by atoms with E-state index in [1.54, 1.807) is 20.8 Å². The minimum atomic E-state index is -1.46. The summed E-state index contributed by atoms with van der Waals surface area (Å²) < 4.78 is 28.4. The summed E-state index contributed by atoms with van der Waals surface area (Å²) in [5.41, 5.74) is -1.86. The van der Waals surface area contributed by atoms with E-state index in [1.165, 1.54) is 47.1 Å². The van der Waals surface area contributed by atoms with Gasteiger partial charge in [-0.15, -0.1) is 4.80 Å². The number of nitrogens with zero attached hydrogens (tertiary/aromatic N) is 5. The standard InChI is InChI=1S/C29H36FN5O6S/c1-17(2)14-23(37)29(4,5)34-25(38)24-18(3)26(35-31-10-11-32-35)42-27(24)33(28(34)39)16-22(41-13-7-12-36)20-15-19(30)8-9-21(20)40-6/h8-11,15,17,22,36H,7,12-14,16H2,1-6H3/t22-/m1/s1. The maximum Gasteiger partial charge on any atom is 0.333 e. The van der Waals surface area contributed by atoms with Gasteiger partial charge < -0.3 is 14.6 Å². The van der Waals surface area contributed by atoms with E-state index in [2.05, 4.69) is 10.2 Å². The fourth-order valence-electron chi connectivity index (χ4n) is 4.90. The van der Waals surface area contributed by atoms with Crippen LogP contribution >= 0.6 is 11.3 Å². The molecule has 0 aliphatic carbocycles. The van der Waals surface area contributed by atoms with Gasteiger partial charge in [-0.3, -0.25) is 14.2 Å². The van der Waals surface area contributed by atoms with E-state index < -0.39 is 28.7 Å². The molecular weight excluding hydrogens is 565 g/mol. The SMILES string of the molecule is COc1ccc(F)cc1[C@@H](Cn1c(=O)n(C(C)(C)C(=O)CC(C)C)c(=O)c2c(C)c(-n3nccn3)sc21)OCCCO. The number of ketones is 1. The maximum absolute atomic E-state index is 14.5. The third-order valence-corrected chi connectivity index (χ3v) is 8.41. The van der Waals surface area contributed by atoms with Gasteiger partial charge in [0, 0.05) is 30.8 Å². The van der Waals surface area contributed by atoms with Gasteiger partial charge in [-0.2, -0.15) is 10.2 Å². The van der Waals surface area contributed by atoms with E-state index >= 15 is 0 Å². The monoisotopic (exact) mass is 601 g/mol. The number of benzene rings is 1. The van der Waals surface area contributed by atoms with Crippen LogP contribution < -0.4 is 16.0 Å². The summed E-state index contributed by atoms with van der Waals surface area (Å²) in [5.74, 6) is -0.418. The van der Waals surface area contributed by atoms with Crippen LogP contribution in [0.4, 0.5) is 4.39 Å². The number of aromatic nitrogens is 5. The molecule has 0 fully saturated rings. The number of aliphatic hydroxyl groups excluding tert-OH is 1. The number of aliphatic hydroxyl groups is 1. The average Bonchev–Trinajstić information content (AvgIpc) is 3.58. The molecule has 0 aliphatic heterocycles. The lowest BCUT2D eigenvalue weighted by molar-refractivity contribution is -0.127. The normalized spacial score (nSPS) is 12.8. The topological polar surface area (TPSA) is 130 Å². The highest BCUT2D eigenvalue weighted by Gasteiger charge is 2.36. The van der Waals surface area contributed by atoms with Crippen molar-refractivity contribution in [2.45, 2.75) is 65.6 Å². The van der Waals surface area contributed by atoms with Gasteiger partial charge in [-0.25, -0.2) is 13.8 Å². The van der Waals surface area contributed by atoms with Gasteiger partial charge in [-0.1, -0.05) is 25.2 Å². The first-order chi connectivity index (χ1) is 19.9. The highest BCUT2D eigenvalue weighted by molar-refractivity contribution is 7.21. The van der Waals surface area contributed by atoms with Crippen LogP contribution in [0.5, 0.6) is 5.75 Å². The van der Waals surface area contributed by atoms with Crippen molar-refractivity contribution in [3.8, 4) is 10.8 Å². The fourth-order valence-corrected chi connectivity index (χ4v) is 6.12. The van der Waals surface area contributed by atoms with Gasteiger partial charge in [0.15, 0.2) is 5.78 Å². The van der Waals surface area contributed by atoms with Crippen molar-refractivity contribution in [1.29, 1.82) is 0 Å². The van der Waals surface area contributed by atoms with Crippen molar-refractivity contribution in [2.75, 3.05) is 20.3 Å². The largest absolute Gasteiger partial charge is 0.496 e. The van der Waals surface area contributed by atoms with Gasteiger partial charge in [0.1, 0.15) is 33.0 Å². The number of thiophene rings is 1. The molecule has 3 aromatic heterocycles. The maximum atomic E-state index is 14.5. The Morgan fingerprint density at radius 2 is 1.88 bits per heavy atom. The quantitative estimate of drug-likeness (QED) is 0.229. The molecule has 0 saturated carbocycles. The van der Waals surface area contributed by atoms with Crippen LogP contribution in [0, 0.1) is 18.7 Å². The van der Waals surface area contributed by atoms with Gasteiger partial charge in [0.2, 0.25) is 0 Å². The summed E-state index contributed by atoms with van der Waals surface area (Å²) in [6, 6.07) is 4.00. The van der Waals surface area contributed by atoms with Gasteiger partial charge in [0.25, 0.3) is 5.56 Å². The van der Waals surface area contributed by atoms with E-state index in [-0.39, 0.29) is 43.3 Å². The molecule has 3 heterocycles. The molecule has 226 valence electrons. The summed E-state index contributed by atoms with van der Waals surface area (Å²) in [6.45, 7) is 8.52. The van der Waals surface area contributed by atoms with Crippen molar-refractivity contribution in [3.63, 3.8) is 0 Å². The minimum Gasteiger partial charge on any atom is -0.496 e. The Hall–Kier alpha value is -3.68. The molecule has 1 aromatic carbocycles. The Bertz CT molecular complexity index is 1690. The first-order valence-corrected chi connectivity index (χ1v) is 14.5. The molecule has 0 radical (unpaired) electrons. The molecule has 0 aliphatic rings. The molecule has 13 heteroatoms. The zero-order valence-electron chi connectivity index (χ0n) is 24.6. The molecular formula is C29H36FN5O6S. The molecule has 1 N–H and O–H groups in total. The molecule has 11 nitrogen and oxygen atoms in total. The Balaban J connectivity index is 2.02. The van der Waals surface area contributed by atoms with Crippen molar-refractivity contribution in [2.24, 2.45) is 5.92 Å².